The van der Waals surface area contributed by atoms with E-state index >= 15 is 0 Å². The maximum Gasteiger partial charge on any atom is 0.414 e. The Morgan fingerprint density at radius 3 is 2.56 bits per heavy atom. The van der Waals surface area contributed by atoms with Crippen molar-refractivity contribution in [1.29, 1.82) is 0 Å². The number of fused-ring (bicyclic) bond motifs is 1. The first kappa shape index (κ1) is 10.6. The zero-order valence-electron chi connectivity index (χ0n) is 9.12. The van der Waals surface area contributed by atoms with Crippen molar-refractivity contribution in [1.82, 2.24) is 0 Å². The molecule has 0 unspecified atom stereocenters. The summed E-state index contributed by atoms with van der Waals surface area (Å²) in [4.78, 5) is 23.1. The van der Waals surface area contributed by atoms with Crippen LogP contribution >= 0.6 is 0 Å². The number of carbonyl (C=O) groups is 1. The fourth-order valence-electron chi connectivity index (χ4n) is 1.90. The molecule has 94 valence electrons. The van der Waals surface area contributed by atoms with E-state index < -0.39 is 11.0 Å². The molecule has 1 aromatic carbocycles. The van der Waals surface area contributed by atoms with Gasteiger partial charge in [0, 0.05) is 6.07 Å². The van der Waals surface area contributed by atoms with Crippen molar-refractivity contribution < 1.29 is 23.9 Å². The Labute approximate surface area is 101 Å². The minimum atomic E-state index is -0.600. The second-order valence-electron chi connectivity index (χ2n) is 3.72. The van der Waals surface area contributed by atoms with Gasteiger partial charge in [0.15, 0.2) is 11.5 Å². The third-order valence-corrected chi connectivity index (χ3v) is 2.72. The number of amides is 1. The molecule has 2 heterocycles. The number of hydrogen-bond acceptors (Lipinski definition) is 6. The van der Waals surface area contributed by atoms with Gasteiger partial charge in [-0.15, -0.1) is 0 Å². The number of rotatable bonds is 2. The predicted molar refractivity (Wildman–Crippen MR) is 57.9 cm³/mol. The molecule has 18 heavy (non-hydrogen) atoms. The van der Waals surface area contributed by atoms with Crippen molar-refractivity contribution in [3.8, 4) is 11.5 Å². The smallest absolute Gasteiger partial charge is 0.414 e. The number of nitrogens with zero attached hydrogens (tertiary/aromatic N) is 2. The molecule has 0 bridgehead atoms. The van der Waals surface area contributed by atoms with Gasteiger partial charge in [-0.05, 0) is 0 Å². The second-order valence-corrected chi connectivity index (χ2v) is 3.72. The largest absolute Gasteiger partial charge is 0.454 e. The van der Waals surface area contributed by atoms with Gasteiger partial charge in [-0.25, -0.2) is 4.79 Å². The number of benzene rings is 1. The fourth-order valence-corrected chi connectivity index (χ4v) is 1.90. The van der Waals surface area contributed by atoms with Crippen LogP contribution in [0.2, 0.25) is 0 Å². The van der Waals surface area contributed by atoms with Crippen LogP contribution in [0.3, 0.4) is 0 Å². The standard InChI is InChI=1S/C10H8N2O6/c13-10-11(1-2-16-10)6-3-8-9(18-5-17-8)4-7(6)12(14)15/h3-4H,1-2,5H2. The molecule has 2 aliphatic rings. The van der Waals surface area contributed by atoms with Crippen molar-refractivity contribution in [3.05, 3.63) is 22.2 Å². The third-order valence-electron chi connectivity index (χ3n) is 2.72. The summed E-state index contributed by atoms with van der Waals surface area (Å²) in [7, 11) is 0. The zero-order valence-corrected chi connectivity index (χ0v) is 9.12. The molecule has 1 fully saturated rings. The van der Waals surface area contributed by atoms with Crippen molar-refractivity contribution in [2.45, 2.75) is 0 Å². The summed E-state index contributed by atoms with van der Waals surface area (Å²) in [6.45, 7) is 0.504. The lowest BCUT2D eigenvalue weighted by atomic mass is 10.2. The first-order valence-electron chi connectivity index (χ1n) is 5.19. The van der Waals surface area contributed by atoms with Gasteiger partial charge in [0.1, 0.15) is 12.3 Å². The normalized spacial score (nSPS) is 16.9. The molecule has 0 atom stereocenters. The Bertz CT molecular complexity index is 543. The van der Waals surface area contributed by atoms with E-state index in [9.17, 15) is 14.9 Å². The van der Waals surface area contributed by atoms with E-state index in [1.165, 1.54) is 17.0 Å². The maximum absolute atomic E-state index is 11.5. The van der Waals surface area contributed by atoms with E-state index in [4.69, 9.17) is 14.2 Å². The Kier molecular flexibility index (Phi) is 2.22. The number of carbonyl (C=O) groups excluding carboxylic acids is 1. The lowest BCUT2D eigenvalue weighted by Gasteiger charge is -2.13. The number of cyclic esters (lactones) is 1. The molecule has 3 rings (SSSR count). The Morgan fingerprint density at radius 2 is 1.94 bits per heavy atom. The number of ether oxygens (including phenoxy) is 3. The van der Waals surface area contributed by atoms with Crippen LogP contribution < -0.4 is 14.4 Å². The molecule has 1 aromatic rings. The van der Waals surface area contributed by atoms with Crippen LogP contribution in [0, 0.1) is 10.1 Å². The summed E-state index contributed by atoms with van der Waals surface area (Å²) in [5, 5.41) is 11.0. The van der Waals surface area contributed by atoms with Gasteiger partial charge in [-0.1, -0.05) is 0 Å². The summed E-state index contributed by atoms with van der Waals surface area (Å²) < 4.78 is 15.0. The Balaban J connectivity index is 2.11. The average molecular weight is 252 g/mol. The van der Waals surface area contributed by atoms with Crippen LogP contribution in [-0.2, 0) is 4.74 Å². The van der Waals surface area contributed by atoms with Crippen molar-refractivity contribution in [3.63, 3.8) is 0 Å². The van der Waals surface area contributed by atoms with Crippen molar-refractivity contribution in [2.75, 3.05) is 24.8 Å². The van der Waals surface area contributed by atoms with Gasteiger partial charge < -0.3 is 14.2 Å². The molecule has 8 nitrogen and oxygen atoms in total. The van der Waals surface area contributed by atoms with Gasteiger partial charge in [0.25, 0.3) is 5.69 Å². The zero-order chi connectivity index (χ0) is 12.7. The molecule has 2 aliphatic heterocycles. The summed E-state index contributed by atoms with van der Waals surface area (Å²) in [5.74, 6) is 0.688. The van der Waals surface area contributed by atoms with E-state index in [0.29, 0.717) is 11.5 Å². The van der Waals surface area contributed by atoms with Crippen LogP contribution in [0.4, 0.5) is 16.2 Å². The van der Waals surface area contributed by atoms with Crippen LogP contribution in [0.1, 0.15) is 0 Å². The van der Waals surface area contributed by atoms with Gasteiger partial charge in [0.05, 0.1) is 17.5 Å². The Morgan fingerprint density at radius 1 is 1.22 bits per heavy atom. The monoisotopic (exact) mass is 252 g/mol. The molecular weight excluding hydrogens is 244 g/mol. The predicted octanol–water partition coefficient (Wildman–Crippen LogP) is 1.28. The molecule has 0 spiro atoms. The van der Waals surface area contributed by atoms with E-state index in [1.807, 2.05) is 0 Å². The van der Waals surface area contributed by atoms with Crippen LogP contribution in [-0.4, -0.2) is 31.0 Å². The summed E-state index contributed by atoms with van der Waals surface area (Å²) in [6, 6.07) is 2.68. The van der Waals surface area contributed by atoms with Crippen molar-refractivity contribution >= 4 is 17.5 Å². The quantitative estimate of drug-likeness (QED) is 0.581. The third kappa shape index (κ3) is 1.50. The summed E-state index contributed by atoms with van der Waals surface area (Å²) in [5.41, 5.74) is -0.0511. The highest BCUT2D eigenvalue weighted by atomic mass is 16.7. The number of nitro benzene ring substituents is 1. The lowest BCUT2D eigenvalue weighted by molar-refractivity contribution is -0.384. The number of hydrogen-bond donors (Lipinski definition) is 0. The highest BCUT2D eigenvalue weighted by Crippen LogP contribution is 2.42. The fraction of sp³-hybridized carbons (Fsp3) is 0.300. The minimum Gasteiger partial charge on any atom is -0.454 e. The molecule has 0 saturated carbocycles. The van der Waals surface area contributed by atoms with Gasteiger partial charge in [-0.3, -0.25) is 15.0 Å². The molecule has 0 aliphatic carbocycles. The van der Waals surface area contributed by atoms with E-state index in [1.54, 1.807) is 0 Å². The topological polar surface area (TPSA) is 91.1 Å². The van der Waals surface area contributed by atoms with Gasteiger partial charge >= 0.3 is 6.09 Å². The first-order chi connectivity index (χ1) is 8.66. The summed E-state index contributed by atoms with van der Waals surface area (Å²) >= 11 is 0. The Hall–Kier alpha value is -2.51. The molecule has 0 radical (unpaired) electrons. The minimum absolute atomic E-state index is 0.0143. The first-order valence-corrected chi connectivity index (χ1v) is 5.19. The molecule has 0 aromatic heterocycles. The molecule has 8 heteroatoms. The highest BCUT2D eigenvalue weighted by molar-refractivity contribution is 5.93. The van der Waals surface area contributed by atoms with E-state index in [0.717, 1.165) is 0 Å². The van der Waals surface area contributed by atoms with Crippen LogP contribution in [0.15, 0.2) is 12.1 Å². The molecule has 0 N–H and O–H groups in total. The SMILES string of the molecule is O=C1OCCN1c1cc2c(cc1[N+](=O)[O-])OCO2. The molecular formula is C10H8N2O6. The van der Waals surface area contributed by atoms with Gasteiger partial charge in [0.2, 0.25) is 6.79 Å². The van der Waals surface area contributed by atoms with E-state index in [2.05, 4.69) is 0 Å². The van der Waals surface area contributed by atoms with E-state index in [-0.39, 0.29) is 31.3 Å². The van der Waals surface area contributed by atoms with Crippen molar-refractivity contribution in [2.24, 2.45) is 0 Å². The lowest BCUT2D eigenvalue weighted by Crippen LogP contribution is -2.24. The highest BCUT2D eigenvalue weighted by Gasteiger charge is 2.32. The number of nitro groups is 1. The summed E-state index contributed by atoms with van der Waals surface area (Å²) in [6.07, 6.45) is -0.600. The molecule has 1 amide bonds. The maximum atomic E-state index is 11.5. The van der Waals surface area contributed by atoms with Crippen LogP contribution in [0.5, 0.6) is 11.5 Å². The number of anilines is 1. The molecule has 1 saturated heterocycles. The average Bonchev–Trinajstić information content (AvgIpc) is 2.94. The van der Waals surface area contributed by atoms with Gasteiger partial charge in [-0.2, -0.15) is 0 Å². The second kappa shape index (κ2) is 3.76. The van der Waals surface area contributed by atoms with Crippen LogP contribution in [0.25, 0.3) is 0 Å².